The minimum Gasteiger partial charge on any atom is -0.378 e. The highest BCUT2D eigenvalue weighted by Crippen LogP contribution is 2.19. The Morgan fingerprint density at radius 3 is 2.82 bits per heavy atom. The number of hydrogen-bond donors (Lipinski definition) is 1. The molecule has 0 bridgehead atoms. The molecule has 1 unspecified atom stereocenters. The molecule has 17 heavy (non-hydrogen) atoms. The monoisotopic (exact) mass is 236 g/mol. The van der Waals surface area contributed by atoms with Crippen molar-refractivity contribution in [2.24, 2.45) is 5.73 Å². The van der Waals surface area contributed by atoms with Gasteiger partial charge in [0.1, 0.15) is 11.6 Å². The maximum absolute atomic E-state index is 5.86. The van der Waals surface area contributed by atoms with Crippen molar-refractivity contribution in [1.29, 1.82) is 0 Å². The van der Waals surface area contributed by atoms with Crippen molar-refractivity contribution >= 4 is 5.82 Å². The van der Waals surface area contributed by atoms with Crippen LogP contribution in [-0.2, 0) is 11.2 Å². The molecule has 1 atom stereocenters. The lowest BCUT2D eigenvalue weighted by Gasteiger charge is -2.29. The van der Waals surface area contributed by atoms with Crippen molar-refractivity contribution in [3.05, 3.63) is 17.6 Å². The SMILES string of the molecule is Cc1ncc(CC(C)N)c(N2CCOCC2)n1. The molecule has 0 spiro atoms. The van der Waals surface area contributed by atoms with Crippen molar-refractivity contribution in [2.45, 2.75) is 26.3 Å². The minimum atomic E-state index is 0.126. The second-order valence-corrected chi connectivity index (χ2v) is 4.55. The Kier molecular flexibility index (Phi) is 3.91. The topological polar surface area (TPSA) is 64.3 Å². The first-order valence-electron chi connectivity index (χ1n) is 6.07. The third kappa shape index (κ3) is 3.14. The zero-order valence-corrected chi connectivity index (χ0v) is 10.5. The Morgan fingerprint density at radius 1 is 1.47 bits per heavy atom. The van der Waals surface area contributed by atoms with Crippen molar-refractivity contribution in [2.75, 3.05) is 31.2 Å². The highest BCUT2D eigenvalue weighted by molar-refractivity contribution is 5.46. The summed E-state index contributed by atoms with van der Waals surface area (Å²) in [5, 5.41) is 0. The van der Waals surface area contributed by atoms with E-state index in [-0.39, 0.29) is 6.04 Å². The van der Waals surface area contributed by atoms with E-state index in [9.17, 15) is 0 Å². The normalized spacial score (nSPS) is 18.2. The summed E-state index contributed by atoms with van der Waals surface area (Å²) in [7, 11) is 0. The Morgan fingerprint density at radius 2 is 2.18 bits per heavy atom. The van der Waals surface area contributed by atoms with Crippen LogP contribution in [0.15, 0.2) is 6.20 Å². The molecule has 0 radical (unpaired) electrons. The number of hydrogen-bond acceptors (Lipinski definition) is 5. The van der Waals surface area contributed by atoms with Gasteiger partial charge in [-0.15, -0.1) is 0 Å². The van der Waals surface area contributed by atoms with Gasteiger partial charge in [0.05, 0.1) is 13.2 Å². The smallest absolute Gasteiger partial charge is 0.135 e. The standard InChI is InChI=1S/C12H20N4O/c1-9(13)7-11-8-14-10(2)15-12(11)16-3-5-17-6-4-16/h8-9H,3-7,13H2,1-2H3. The van der Waals surface area contributed by atoms with Crippen LogP contribution in [-0.4, -0.2) is 42.3 Å². The number of aromatic nitrogens is 2. The number of nitrogens with zero attached hydrogens (tertiary/aromatic N) is 3. The minimum absolute atomic E-state index is 0.126. The van der Waals surface area contributed by atoms with Crippen LogP contribution in [0.5, 0.6) is 0 Å². The lowest BCUT2D eigenvalue weighted by molar-refractivity contribution is 0.122. The molecule has 94 valence electrons. The first kappa shape index (κ1) is 12.3. The summed E-state index contributed by atoms with van der Waals surface area (Å²) >= 11 is 0. The molecule has 1 fully saturated rings. The largest absolute Gasteiger partial charge is 0.378 e. The van der Waals surface area contributed by atoms with Gasteiger partial charge in [-0.05, 0) is 20.3 Å². The lowest BCUT2D eigenvalue weighted by atomic mass is 10.1. The summed E-state index contributed by atoms with van der Waals surface area (Å²) in [6.07, 6.45) is 2.71. The van der Waals surface area contributed by atoms with Gasteiger partial charge in [0.25, 0.3) is 0 Å². The highest BCUT2D eigenvalue weighted by atomic mass is 16.5. The third-order valence-corrected chi connectivity index (χ3v) is 2.81. The molecule has 1 aliphatic heterocycles. The van der Waals surface area contributed by atoms with E-state index in [1.807, 2.05) is 20.0 Å². The van der Waals surface area contributed by atoms with Crippen molar-refractivity contribution in [3.8, 4) is 0 Å². The lowest BCUT2D eigenvalue weighted by Crippen LogP contribution is -2.38. The summed E-state index contributed by atoms with van der Waals surface area (Å²) in [6, 6.07) is 0.126. The molecule has 0 amide bonds. The van der Waals surface area contributed by atoms with E-state index in [4.69, 9.17) is 10.5 Å². The van der Waals surface area contributed by atoms with Crippen LogP contribution in [0, 0.1) is 6.92 Å². The van der Waals surface area contributed by atoms with E-state index in [0.29, 0.717) is 0 Å². The predicted octanol–water partition coefficient (Wildman–Crippen LogP) is 0.511. The van der Waals surface area contributed by atoms with Gasteiger partial charge in [-0.2, -0.15) is 0 Å². The molecule has 1 aromatic heterocycles. The molecule has 0 aliphatic carbocycles. The van der Waals surface area contributed by atoms with Gasteiger partial charge in [-0.1, -0.05) is 0 Å². The van der Waals surface area contributed by atoms with Crippen LogP contribution in [0.2, 0.25) is 0 Å². The quantitative estimate of drug-likeness (QED) is 0.828. The maximum Gasteiger partial charge on any atom is 0.135 e. The van der Waals surface area contributed by atoms with Crippen LogP contribution in [0.3, 0.4) is 0 Å². The summed E-state index contributed by atoms with van der Waals surface area (Å²) < 4.78 is 5.36. The van der Waals surface area contributed by atoms with Gasteiger partial charge in [0, 0.05) is 30.9 Å². The van der Waals surface area contributed by atoms with E-state index < -0.39 is 0 Å². The molecule has 1 aromatic rings. The van der Waals surface area contributed by atoms with E-state index in [0.717, 1.165) is 49.9 Å². The number of morpholine rings is 1. The Hall–Kier alpha value is -1.20. The summed E-state index contributed by atoms with van der Waals surface area (Å²) in [5.41, 5.74) is 6.99. The summed E-state index contributed by atoms with van der Waals surface area (Å²) in [5.74, 6) is 1.83. The van der Waals surface area contributed by atoms with Gasteiger partial charge in [-0.25, -0.2) is 9.97 Å². The van der Waals surface area contributed by atoms with Gasteiger partial charge in [0.15, 0.2) is 0 Å². The van der Waals surface area contributed by atoms with Gasteiger partial charge in [0.2, 0.25) is 0 Å². The molecule has 2 heterocycles. The summed E-state index contributed by atoms with van der Waals surface area (Å²) in [4.78, 5) is 11.1. The van der Waals surface area contributed by atoms with Gasteiger partial charge < -0.3 is 15.4 Å². The van der Waals surface area contributed by atoms with Gasteiger partial charge in [-0.3, -0.25) is 0 Å². The molecular weight excluding hydrogens is 216 g/mol. The van der Waals surface area contributed by atoms with E-state index in [1.54, 1.807) is 0 Å². The van der Waals surface area contributed by atoms with E-state index in [2.05, 4.69) is 14.9 Å². The molecular formula is C12H20N4O. The Balaban J connectivity index is 2.25. The van der Waals surface area contributed by atoms with Crippen molar-refractivity contribution in [1.82, 2.24) is 9.97 Å². The number of ether oxygens (including phenoxy) is 1. The molecule has 5 nitrogen and oxygen atoms in total. The first-order chi connectivity index (χ1) is 8.16. The highest BCUT2D eigenvalue weighted by Gasteiger charge is 2.17. The number of nitrogens with two attached hydrogens (primary N) is 1. The number of anilines is 1. The van der Waals surface area contributed by atoms with Crippen molar-refractivity contribution < 1.29 is 4.74 Å². The second-order valence-electron chi connectivity index (χ2n) is 4.55. The third-order valence-electron chi connectivity index (χ3n) is 2.81. The van der Waals surface area contributed by atoms with E-state index in [1.165, 1.54) is 0 Å². The average Bonchev–Trinajstić information content (AvgIpc) is 2.32. The number of rotatable bonds is 3. The molecule has 2 rings (SSSR count). The predicted molar refractivity (Wildman–Crippen MR) is 67.2 cm³/mol. The van der Waals surface area contributed by atoms with Gasteiger partial charge >= 0.3 is 0 Å². The average molecular weight is 236 g/mol. The fourth-order valence-electron chi connectivity index (χ4n) is 2.02. The molecule has 1 saturated heterocycles. The van der Waals surface area contributed by atoms with Crippen LogP contribution >= 0.6 is 0 Å². The molecule has 2 N–H and O–H groups in total. The fourth-order valence-corrected chi connectivity index (χ4v) is 2.02. The first-order valence-corrected chi connectivity index (χ1v) is 6.07. The van der Waals surface area contributed by atoms with Crippen LogP contribution in [0.25, 0.3) is 0 Å². The molecule has 5 heteroatoms. The summed E-state index contributed by atoms with van der Waals surface area (Å²) in [6.45, 7) is 7.23. The molecule has 1 aliphatic rings. The zero-order chi connectivity index (χ0) is 12.3. The fraction of sp³-hybridized carbons (Fsp3) is 0.667. The molecule has 0 aromatic carbocycles. The van der Waals surface area contributed by atoms with Crippen LogP contribution < -0.4 is 10.6 Å². The van der Waals surface area contributed by atoms with Crippen LogP contribution in [0.4, 0.5) is 5.82 Å². The molecule has 0 saturated carbocycles. The second kappa shape index (κ2) is 5.42. The Bertz CT molecular complexity index is 375. The van der Waals surface area contributed by atoms with Crippen LogP contribution in [0.1, 0.15) is 18.3 Å². The Labute approximate surface area is 102 Å². The maximum atomic E-state index is 5.86. The van der Waals surface area contributed by atoms with Crippen molar-refractivity contribution in [3.63, 3.8) is 0 Å². The zero-order valence-electron chi connectivity index (χ0n) is 10.5. The number of aryl methyl sites for hydroxylation is 1. The van der Waals surface area contributed by atoms with E-state index >= 15 is 0 Å².